The van der Waals surface area contributed by atoms with Gasteiger partial charge in [0.15, 0.2) is 5.78 Å². The van der Waals surface area contributed by atoms with Gasteiger partial charge >= 0.3 is 6.18 Å². The number of carbonyl (C=O) groups excluding carboxylic acids is 1. The number of benzene rings is 2. The monoisotopic (exact) mass is 298 g/mol. The van der Waals surface area contributed by atoms with Crippen molar-refractivity contribution >= 4 is 17.4 Å². The van der Waals surface area contributed by atoms with Crippen LogP contribution in [-0.4, -0.2) is 5.78 Å². The van der Waals surface area contributed by atoms with Crippen LogP contribution in [0.15, 0.2) is 42.5 Å². The molecule has 0 unspecified atom stereocenters. The van der Waals surface area contributed by atoms with Gasteiger partial charge in [-0.3, -0.25) is 4.79 Å². The lowest BCUT2D eigenvalue weighted by atomic mass is 10.0. The van der Waals surface area contributed by atoms with E-state index in [0.717, 1.165) is 29.8 Å². The van der Waals surface area contributed by atoms with Gasteiger partial charge in [-0.15, -0.1) is 0 Å². The summed E-state index contributed by atoms with van der Waals surface area (Å²) < 4.78 is 37.4. The number of hydrogen-bond acceptors (Lipinski definition) is 1. The quantitative estimate of drug-likeness (QED) is 0.721. The Hall–Kier alpha value is -1.81. The van der Waals surface area contributed by atoms with Crippen LogP contribution >= 0.6 is 11.6 Å². The molecule has 0 aliphatic rings. The first-order valence-electron chi connectivity index (χ1n) is 5.78. The fraction of sp³-hybridized carbons (Fsp3) is 0.133. The summed E-state index contributed by atoms with van der Waals surface area (Å²) in [6.45, 7) is 1.76. The fourth-order valence-corrected chi connectivity index (χ4v) is 2.00. The van der Waals surface area contributed by atoms with Crippen molar-refractivity contribution in [3.8, 4) is 0 Å². The van der Waals surface area contributed by atoms with Crippen LogP contribution in [0.3, 0.4) is 0 Å². The Morgan fingerprint density at radius 2 is 1.65 bits per heavy atom. The van der Waals surface area contributed by atoms with Crippen LogP contribution in [0, 0.1) is 6.92 Å². The molecule has 0 amide bonds. The maximum absolute atomic E-state index is 12.5. The maximum atomic E-state index is 12.5. The van der Waals surface area contributed by atoms with Gasteiger partial charge in [0.25, 0.3) is 0 Å². The van der Waals surface area contributed by atoms with Crippen LogP contribution in [0.5, 0.6) is 0 Å². The van der Waals surface area contributed by atoms with E-state index in [1.807, 2.05) is 0 Å². The second-order valence-corrected chi connectivity index (χ2v) is 4.72. The average molecular weight is 299 g/mol. The highest BCUT2D eigenvalue weighted by Crippen LogP contribution is 2.30. The highest BCUT2D eigenvalue weighted by Gasteiger charge is 2.30. The maximum Gasteiger partial charge on any atom is 0.416 e. The second-order valence-electron chi connectivity index (χ2n) is 4.34. The minimum atomic E-state index is -4.41. The molecule has 5 heteroatoms. The molecule has 0 aromatic heterocycles. The molecule has 2 rings (SSSR count). The van der Waals surface area contributed by atoms with E-state index in [1.54, 1.807) is 25.1 Å². The highest BCUT2D eigenvalue weighted by atomic mass is 35.5. The second kappa shape index (κ2) is 5.29. The lowest BCUT2D eigenvalue weighted by Gasteiger charge is -2.08. The van der Waals surface area contributed by atoms with Crippen molar-refractivity contribution in [2.75, 3.05) is 0 Å². The number of ketones is 1. The van der Waals surface area contributed by atoms with Gasteiger partial charge in [0.2, 0.25) is 0 Å². The Kier molecular flexibility index (Phi) is 3.86. The van der Waals surface area contributed by atoms with E-state index in [0.29, 0.717) is 5.02 Å². The number of aryl methyl sites for hydroxylation is 1. The van der Waals surface area contributed by atoms with Gasteiger partial charge in [0, 0.05) is 11.1 Å². The van der Waals surface area contributed by atoms with Gasteiger partial charge in [-0.2, -0.15) is 13.2 Å². The normalized spacial score (nSPS) is 11.4. The molecule has 104 valence electrons. The van der Waals surface area contributed by atoms with E-state index in [-0.39, 0.29) is 11.1 Å². The lowest BCUT2D eigenvalue weighted by molar-refractivity contribution is -0.137. The zero-order chi connectivity index (χ0) is 14.9. The number of halogens is 4. The van der Waals surface area contributed by atoms with Crippen molar-refractivity contribution in [2.45, 2.75) is 13.1 Å². The molecule has 20 heavy (non-hydrogen) atoms. The predicted molar refractivity (Wildman–Crippen MR) is 71.1 cm³/mol. The summed E-state index contributed by atoms with van der Waals surface area (Å²) in [4.78, 5) is 12.2. The van der Waals surface area contributed by atoms with Crippen molar-refractivity contribution in [2.24, 2.45) is 0 Å². The molecular weight excluding hydrogens is 289 g/mol. The minimum absolute atomic E-state index is 0.172. The van der Waals surface area contributed by atoms with Crippen molar-refractivity contribution in [3.63, 3.8) is 0 Å². The summed E-state index contributed by atoms with van der Waals surface area (Å²) in [5.41, 5.74) is 0.408. The van der Waals surface area contributed by atoms with Crippen molar-refractivity contribution in [3.05, 3.63) is 69.7 Å². The molecule has 0 N–H and O–H groups in total. The summed E-state index contributed by atoms with van der Waals surface area (Å²) in [5.74, 6) is -0.396. The summed E-state index contributed by atoms with van der Waals surface area (Å²) in [6, 6.07) is 9.07. The first-order valence-corrected chi connectivity index (χ1v) is 6.15. The molecule has 0 saturated heterocycles. The van der Waals surface area contributed by atoms with Crippen LogP contribution in [-0.2, 0) is 6.18 Å². The summed E-state index contributed by atoms with van der Waals surface area (Å²) >= 11 is 6.04. The van der Waals surface area contributed by atoms with Crippen LogP contribution in [0.2, 0.25) is 5.02 Å². The average Bonchev–Trinajstić information content (AvgIpc) is 2.40. The molecule has 0 atom stereocenters. The van der Waals surface area contributed by atoms with Crippen molar-refractivity contribution < 1.29 is 18.0 Å². The van der Waals surface area contributed by atoms with Crippen LogP contribution in [0.25, 0.3) is 0 Å². The molecule has 0 aliphatic carbocycles. The van der Waals surface area contributed by atoms with E-state index in [9.17, 15) is 18.0 Å². The van der Waals surface area contributed by atoms with Gasteiger partial charge in [-0.1, -0.05) is 35.9 Å². The van der Waals surface area contributed by atoms with Crippen molar-refractivity contribution in [1.82, 2.24) is 0 Å². The molecule has 2 aromatic carbocycles. The Morgan fingerprint density at radius 1 is 1.05 bits per heavy atom. The van der Waals surface area contributed by atoms with Gasteiger partial charge in [-0.05, 0) is 30.7 Å². The number of hydrogen-bond donors (Lipinski definition) is 0. The Morgan fingerprint density at radius 3 is 2.20 bits per heavy atom. The molecule has 0 fully saturated rings. The van der Waals surface area contributed by atoms with Gasteiger partial charge in [0.05, 0.1) is 10.6 Å². The predicted octanol–water partition coefficient (Wildman–Crippen LogP) is 4.90. The Bertz CT molecular complexity index is 645. The number of alkyl halides is 3. The largest absolute Gasteiger partial charge is 0.416 e. The molecule has 0 spiro atoms. The van der Waals surface area contributed by atoms with E-state index in [2.05, 4.69) is 0 Å². The van der Waals surface area contributed by atoms with Gasteiger partial charge in [0.1, 0.15) is 0 Å². The molecular formula is C15H10ClF3O. The zero-order valence-electron chi connectivity index (χ0n) is 10.5. The van der Waals surface area contributed by atoms with E-state index < -0.39 is 17.5 Å². The third kappa shape index (κ3) is 2.85. The first-order chi connectivity index (χ1) is 9.30. The molecule has 0 aliphatic heterocycles. The Labute approximate surface area is 119 Å². The van der Waals surface area contributed by atoms with Crippen LogP contribution < -0.4 is 0 Å². The topological polar surface area (TPSA) is 17.1 Å². The molecule has 0 saturated carbocycles. The lowest BCUT2D eigenvalue weighted by Crippen LogP contribution is -2.07. The van der Waals surface area contributed by atoms with Crippen LogP contribution in [0.1, 0.15) is 27.0 Å². The zero-order valence-corrected chi connectivity index (χ0v) is 11.2. The van der Waals surface area contributed by atoms with Gasteiger partial charge in [-0.25, -0.2) is 0 Å². The number of rotatable bonds is 2. The summed E-state index contributed by atoms with van der Waals surface area (Å²) in [6.07, 6.45) is -4.41. The van der Waals surface area contributed by atoms with Gasteiger partial charge < -0.3 is 0 Å². The summed E-state index contributed by atoms with van der Waals surface area (Å²) in [7, 11) is 0. The minimum Gasteiger partial charge on any atom is -0.289 e. The molecule has 0 radical (unpaired) electrons. The van der Waals surface area contributed by atoms with Crippen molar-refractivity contribution in [1.29, 1.82) is 0 Å². The fourth-order valence-electron chi connectivity index (χ4n) is 1.79. The molecule has 0 heterocycles. The third-order valence-corrected chi connectivity index (χ3v) is 3.41. The SMILES string of the molecule is Cc1cccc(C(=O)c2ccc(C(F)(F)F)cc2)c1Cl. The smallest absolute Gasteiger partial charge is 0.289 e. The molecule has 2 aromatic rings. The molecule has 0 bridgehead atoms. The molecule has 1 nitrogen and oxygen atoms in total. The highest BCUT2D eigenvalue weighted by molar-refractivity contribution is 6.35. The first kappa shape index (κ1) is 14.6. The Balaban J connectivity index is 2.37. The third-order valence-electron chi connectivity index (χ3n) is 2.91. The van der Waals surface area contributed by atoms with Crippen LogP contribution in [0.4, 0.5) is 13.2 Å². The number of carbonyl (C=O) groups is 1. The van der Waals surface area contributed by atoms with E-state index in [4.69, 9.17) is 11.6 Å². The van der Waals surface area contributed by atoms with E-state index in [1.165, 1.54) is 0 Å². The van der Waals surface area contributed by atoms with E-state index >= 15 is 0 Å². The standard InChI is InChI=1S/C15H10ClF3O/c1-9-3-2-4-12(13(9)16)14(20)10-5-7-11(8-6-10)15(17,18)19/h2-8H,1H3. The summed E-state index contributed by atoms with van der Waals surface area (Å²) in [5, 5.41) is 0.317.